The maximum absolute atomic E-state index is 13.2. The average molecular weight is 543 g/mol. The Morgan fingerprint density at radius 2 is 1.19 bits per heavy atom. The summed E-state index contributed by atoms with van der Waals surface area (Å²) >= 11 is 0. The summed E-state index contributed by atoms with van der Waals surface area (Å²) in [5.41, 5.74) is -1.18. The van der Waals surface area contributed by atoms with Gasteiger partial charge in [0.2, 0.25) is 0 Å². The minimum atomic E-state index is -4.47. The van der Waals surface area contributed by atoms with Crippen LogP contribution < -0.4 is 0 Å². The molecule has 0 aliphatic heterocycles. The zero-order chi connectivity index (χ0) is 27.3. The fraction of sp³-hybridized carbons (Fsp3) is 0.417. The molecule has 12 heteroatoms. The number of carbonyl (C=O) groups excluding carboxylic acids is 2. The highest BCUT2D eigenvalue weighted by Crippen LogP contribution is 2.33. The molecule has 36 heavy (non-hydrogen) atoms. The van der Waals surface area contributed by atoms with E-state index in [4.69, 9.17) is 8.37 Å². The first-order valence-electron chi connectivity index (χ1n) is 10.8. The first-order chi connectivity index (χ1) is 16.7. The molecule has 0 radical (unpaired) electrons. The second-order valence-electron chi connectivity index (χ2n) is 9.03. The zero-order valence-corrected chi connectivity index (χ0v) is 22.5. The smallest absolute Gasteiger partial charge is 0.339 e. The second kappa shape index (κ2) is 11.5. The standard InChI is InChI=1S/C24H30O10S2/c1-16(15-33-35(27,28)19-13-9-7-11-17(19)22(25)31-5)21(24(2,3)4)34-36(29,30)20-14-10-8-12-18(20)23(26)32-6/h7-14,16,21H,15H2,1-6H3. The van der Waals surface area contributed by atoms with Crippen molar-refractivity contribution in [2.45, 2.75) is 43.6 Å². The zero-order valence-electron chi connectivity index (χ0n) is 20.9. The number of rotatable bonds is 10. The van der Waals surface area contributed by atoms with Crippen molar-refractivity contribution in [1.82, 2.24) is 0 Å². The van der Waals surface area contributed by atoms with E-state index in [1.165, 1.54) is 48.5 Å². The highest BCUT2D eigenvalue weighted by atomic mass is 32.2. The van der Waals surface area contributed by atoms with E-state index in [1.54, 1.807) is 27.7 Å². The van der Waals surface area contributed by atoms with E-state index in [0.29, 0.717) is 0 Å². The van der Waals surface area contributed by atoms with Crippen molar-refractivity contribution in [2.75, 3.05) is 20.8 Å². The molecule has 0 heterocycles. The Kier molecular flexibility index (Phi) is 9.40. The summed E-state index contributed by atoms with van der Waals surface area (Å²) in [7, 11) is -6.62. The topological polar surface area (TPSA) is 139 Å². The summed E-state index contributed by atoms with van der Waals surface area (Å²) < 4.78 is 72.1. The number of carbonyl (C=O) groups is 2. The molecule has 0 saturated carbocycles. The van der Waals surface area contributed by atoms with Gasteiger partial charge in [0.05, 0.1) is 38.1 Å². The van der Waals surface area contributed by atoms with E-state index >= 15 is 0 Å². The maximum Gasteiger partial charge on any atom is 0.339 e. The molecule has 0 fully saturated rings. The lowest BCUT2D eigenvalue weighted by Crippen LogP contribution is -2.39. The van der Waals surface area contributed by atoms with Crippen LogP contribution in [0.3, 0.4) is 0 Å². The van der Waals surface area contributed by atoms with Gasteiger partial charge in [0, 0.05) is 5.92 Å². The molecule has 0 bridgehead atoms. The minimum Gasteiger partial charge on any atom is -0.465 e. The van der Waals surface area contributed by atoms with Crippen LogP contribution in [0.5, 0.6) is 0 Å². The van der Waals surface area contributed by atoms with Gasteiger partial charge in [-0.1, -0.05) is 52.0 Å². The molecule has 0 saturated heterocycles. The molecule has 0 aromatic heterocycles. The third kappa shape index (κ3) is 6.90. The van der Waals surface area contributed by atoms with Crippen molar-refractivity contribution in [3.05, 3.63) is 59.7 Å². The fourth-order valence-corrected chi connectivity index (χ4v) is 6.26. The SMILES string of the molecule is COC(=O)c1ccccc1S(=O)(=O)OCC(C)C(OS(=O)(=O)c1ccccc1C(=O)OC)C(C)(C)C. The predicted molar refractivity (Wildman–Crippen MR) is 129 cm³/mol. The van der Waals surface area contributed by atoms with Crippen molar-refractivity contribution in [2.24, 2.45) is 11.3 Å². The van der Waals surface area contributed by atoms with Crippen LogP contribution in [0.15, 0.2) is 58.3 Å². The average Bonchev–Trinajstić information content (AvgIpc) is 2.84. The predicted octanol–water partition coefficient (Wildman–Crippen LogP) is 3.42. The van der Waals surface area contributed by atoms with Crippen molar-refractivity contribution in [1.29, 1.82) is 0 Å². The van der Waals surface area contributed by atoms with Gasteiger partial charge < -0.3 is 9.47 Å². The third-order valence-electron chi connectivity index (χ3n) is 5.21. The van der Waals surface area contributed by atoms with E-state index in [-0.39, 0.29) is 20.9 Å². The number of esters is 2. The maximum atomic E-state index is 13.2. The van der Waals surface area contributed by atoms with Crippen LogP contribution in [0.25, 0.3) is 0 Å². The summed E-state index contributed by atoms with van der Waals surface area (Å²) in [5, 5.41) is 0. The first kappa shape index (κ1) is 29.4. The highest BCUT2D eigenvalue weighted by molar-refractivity contribution is 7.87. The number of ether oxygens (including phenoxy) is 2. The molecule has 2 unspecified atom stereocenters. The molecule has 2 rings (SSSR count). The number of hydrogen-bond acceptors (Lipinski definition) is 10. The van der Waals surface area contributed by atoms with Crippen molar-refractivity contribution in [3.63, 3.8) is 0 Å². The van der Waals surface area contributed by atoms with Gasteiger partial charge in [0.15, 0.2) is 0 Å². The fourth-order valence-electron chi connectivity index (χ4n) is 3.56. The number of methoxy groups -OCH3 is 2. The van der Waals surface area contributed by atoms with Crippen molar-refractivity contribution >= 4 is 32.2 Å². The summed E-state index contributed by atoms with van der Waals surface area (Å²) in [5.74, 6) is -2.46. The molecule has 2 aromatic rings. The summed E-state index contributed by atoms with van der Waals surface area (Å²) in [4.78, 5) is 23.3. The summed E-state index contributed by atoms with van der Waals surface area (Å²) in [6, 6.07) is 10.8. The van der Waals surface area contributed by atoms with Crippen LogP contribution in [0, 0.1) is 11.3 Å². The molecule has 0 N–H and O–H groups in total. The van der Waals surface area contributed by atoms with Crippen LogP contribution in [0.2, 0.25) is 0 Å². The molecule has 2 atom stereocenters. The molecule has 2 aromatic carbocycles. The van der Waals surface area contributed by atoms with Gasteiger partial charge in [0.25, 0.3) is 20.2 Å². The normalized spacial score (nSPS) is 14.1. The molecule has 0 amide bonds. The first-order valence-corrected chi connectivity index (χ1v) is 13.6. The molecule has 10 nitrogen and oxygen atoms in total. The van der Waals surface area contributed by atoms with E-state index in [0.717, 1.165) is 14.2 Å². The third-order valence-corrected chi connectivity index (χ3v) is 7.91. The minimum absolute atomic E-state index is 0.196. The van der Waals surface area contributed by atoms with Crippen LogP contribution in [0.4, 0.5) is 0 Å². The Morgan fingerprint density at radius 1 is 0.778 bits per heavy atom. The quantitative estimate of drug-likeness (QED) is 0.324. The van der Waals surface area contributed by atoms with E-state index in [2.05, 4.69) is 9.47 Å². The van der Waals surface area contributed by atoms with Gasteiger partial charge in [-0.15, -0.1) is 0 Å². The van der Waals surface area contributed by atoms with E-state index < -0.39 is 56.2 Å². The van der Waals surface area contributed by atoms with Crippen LogP contribution in [-0.2, 0) is 38.1 Å². The Bertz CT molecular complexity index is 1310. The molecule has 0 aliphatic carbocycles. The monoisotopic (exact) mass is 542 g/mol. The van der Waals surface area contributed by atoms with Gasteiger partial charge in [-0.05, 0) is 29.7 Å². The highest BCUT2D eigenvalue weighted by Gasteiger charge is 2.38. The van der Waals surface area contributed by atoms with Crippen molar-refractivity contribution < 1.29 is 44.3 Å². The van der Waals surface area contributed by atoms with Crippen molar-refractivity contribution in [3.8, 4) is 0 Å². The number of benzene rings is 2. The summed E-state index contributed by atoms with van der Waals surface area (Å²) in [6.07, 6.45) is -1.06. The Balaban J connectivity index is 2.33. The molecular weight excluding hydrogens is 512 g/mol. The lowest BCUT2D eigenvalue weighted by molar-refractivity contribution is 0.0277. The lowest BCUT2D eigenvalue weighted by atomic mass is 9.82. The lowest BCUT2D eigenvalue weighted by Gasteiger charge is -2.34. The summed E-state index contributed by atoms with van der Waals surface area (Å²) in [6.45, 7) is 6.28. The Hall–Kier alpha value is -2.80. The number of hydrogen-bond donors (Lipinski definition) is 0. The van der Waals surface area contributed by atoms with Gasteiger partial charge in [-0.3, -0.25) is 8.37 Å². The molecule has 0 spiro atoms. The second-order valence-corrected chi connectivity index (χ2v) is 12.2. The Labute approximate surface area is 211 Å². The van der Waals surface area contributed by atoms with Crippen LogP contribution in [0.1, 0.15) is 48.4 Å². The van der Waals surface area contributed by atoms with Gasteiger partial charge in [0.1, 0.15) is 9.79 Å². The molecular formula is C24H30O10S2. The van der Waals surface area contributed by atoms with Crippen LogP contribution >= 0.6 is 0 Å². The Morgan fingerprint density at radius 3 is 1.61 bits per heavy atom. The molecule has 198 valence electrons. The van der Waals surface area contributed by atoms with Gasteiger partial charge in [-0.25, -0.2) is 9.59 Å². The van der Waals surface area contributed by atoms with Gasteiger partial charge >= 0.3 is 11.9 Å². The van der Waals surface area contributed by atoms with E-state index in [9.17, 15) is 26.4 Å². The largest absolute Gasteiger partial charge is 0.465 e. The molecule has 0 aliphatic rings. The van der Waals surface area contributed by atoms with Crippen LogP contribution in [-0.4, -0.2) is 55.7 Å². The van der Waals surface area contributed by atoms with Gasteiger partial charge in [-0.2, -0.15) is 16.8 Å². The van der Waals surface area contributed by atoms with E-state index in [1.807, 2.05) is 0 Å².